The summed E-state index contributed by atoms with van der Waals surface area (Å²) in [4.78, 5) is 25.3. The smallest absolute Gasteiger partial charge is 0.233 e. The lowest BCUT2D eigenvalue weighted by Crippen LogP contribution is -2.41. The zero-order valence-corrected chi connectivity index (χ0v) is 14.8. The van der Waals surface area contributed by atoms with E-state index in [0.29, 0.717) is 31.0 Å². The number of ketones is 1. The molecule has 0 heterocycles. The van der Waals surface area contributed by atoms with Crippen LogP contribution < -0.4 is 4.74 Å². The van der Waals surface area contributed by atoms with E-state index < -0.39 is 5.92 Å². The van der Waals surface area contributed by atoms with Gasteiger partial charge in [0.25, 0.3) is 0 Å². The monoisotopic (exact) mass is 357 g/mol. The first-order valence-corrected chi connectivity index (χ1v) is 8.64. The molecule has 0 aromatic heterocycles. The van der Waals surface area contributed by atoms with Crippen LogP contribution in [0.25, 0.3) is 0 Å². The molecule has 0 aliphatic heterocycles. The number of halogens is 1. The third-order valence-electron chi connectivity index (χ3n) is 4.38. The highest BCUT2D eigenvalue weighted by Gasteiger charge is 2.36. The van der Waals surface area contributed by atoms with Gasteiger partial charge in [0.2, 0.25) is 5.91 Å². The minimum atomic E-state index is -0.436. The van der Waals surface area contributed by atoms with Crippen LogP contribution in [0.3, 0.4) is 0 Å². The molecule has 1 saturated carbocycles. The Morgan fingerprint density at radius 1 is 1.20 bits per heavy atom. The van der Waals surface area contributed by atoms with Gasteiger partial charge in [0.05, 0.1) is 5.92 Å². The van der Waals surface area contributed by atoms with Gasteiger partial charge in [-0.2, -0.15) is 0 Å². The van der Waals surface area contributed by atoms with Crippen molar-refractivity contribution < 1.29 is 14.3 Å². The summed E-state index contributed by atoms with van der Waals surface area (Å²) in [6, 6.07) is 15.2. The van der Waals surface area contributed by atoms with Crippen LogP contribution in [0.2, 0.25) is 5.02 Å². The molecule has 0 saturated heterocycles. The third kappa shape index (κ3) is 4.40. The van der Waals surface area contributed by atoms with Gasteiger partial charge in [-0.3, -0.25) is 9.59 Å². The summed E-state index contributed by atoms with van der Waals surface area (Å²) in [6.45, 7) is 0.909. The van der Waals surface area contributed by atoms with Gasteiger partial charge in [0.1, 0.15) is 18.1 Å². The normalized spacial score (nSPS) is 16.2. The molecule has 1 aliphatic rings. The number of Topliss-reactive ketones (excluding diaryl/α,β-unsaturated/α-hetero) is 1. The fraction of sp³-hybridized carbons (Fsp3) is 0.300. The molecule has 5 heteroatoms. The van der Waals surface area contributed by atoms with Crippen LogP contribution in [0.5, 0.6) is 5.75 Å². The second-order valence-corrected chi connectivity index (χ2v) is 6.75. The van der Waals surface area contributed by atoms with E-state index >= 15 is 0 Å². The van der Waals surface area contributed by atoms with Crippen molar-refractivity contribution >= 4 is 23.3 Å². The number of amides is 1. The van der Waals surface area contributed by atoms with Crippen LogP contribution in [0, 0.1) is 5.92 Å². The Hall–Kier alpha value is -2.33. The molecule has 1 aliphatic carbocycles. The molecule has 0 bridgehead atoms. The van der Waals surface area contributed by atoms with Gasteiger partial charge in [0, 0.05) is 25.0 Å². The van der Waals surface area contributed by atoms with E-state index in [1.807, 2.05) is 48.5 Å². The number of hydrogen-bond acceptors (Lipinski definition) is 3. The fourth-order valence-corrected chi connectivity index (χ4v) is 2.89. The lowest BCUT2D eigenvalue weighted by molar-refractivity contribution is -0.145. The number of ether oxygens (including phenoxy) is 1. The van der Waals surface area contributed by atoms with Gasteiger partial charge in [-0.1, -0.05) is 35.9 Å². The Morgan fingerprint density at radius 3 is 2.60 bits per heavy atom. The summed E-state index contributed by atoms with van der Waals surface area (Å²) in [5.74, 6) is 0.267. The Kier molecular flexibility index (Phi) is 5.39. The maximum atomic E-state index is 12.2. The van der Waals surface area contributed by atoms with E-state index in [1.165, 1.54) is 0 Å². The third-order valence-corrected chi connectivity index (χ3v) is 4.63. The summed E-state index contributed by atoms with van der Waals surface area (Å²) in [7, 11) is 1.73. The van der Waals surface area contributed by atoms with Crippen molar-refractivity contribution in [3.63, 3.8) is 0 Å². The molecule has 2 aromatic carbocycles. The average Bonchev–Trinajstić information content (AvgIpc) is 2.60. The van der Waals surface area contributed by atoms with Crippen LogP contribution in [0.15, 0.2) is 48.5 Å². The van der Waals surface area contributed by atoms with Crippen molar-refractivity contribution in [2.24, 2.45) is 5.92 Å². The predicted octanol–water partition coefficient (Wildman–Crippen LogP) is 3.86. The van der Waals surface area contributed by atoms with Crippen LogP contribution >= 0.6 is 11.6 Å². The van der Waals surface area contributed by atoms with E-state index in [1.54, 1.807) is 11.9 Å². The molecule has 130 valence electrons. The number of rotatable bonds is 6. The lowest BCUT2D eigenvalue weighted by atomic mass is 9.83. The Bertz CT molecular complexity index is 773. The highest BCUT2D eigenvalue weighted by atomic mass is 35.5. The Labute approximate surface area is 152 Å². The number of carbonyl (C=O) groups is 2. The number of nitrogens with zero attached hydrogens (tertiary/aromatic N) is 1. The first-order chi connectivity index (χ1) is 12.0. The molecular formula is C20H20ClNO3. The van der Waals surface area contributed by atoms with Crippen molar-refractivity contribution in [1.29, 1.82) is 0 Å². The predicted molar refractivity (Wildman–Crippen MR) is 96.4 cm³/mol. The first kappa shape index (κ1) is 17.5. The summed E-state index contributed by atoms with van der Waals surface area (Å²) >= 11 is 5.88. The van der Waals surface area contributed by atoms with Crippen molar-refractivity contribution in [2.75, 3.05) is 7.05 Å². The molecule has 3 rings (SSSR count). The molecule has 0 radical (unpaired) electrons. The molecule has 2 aromatic rings. The summed E-state index contributed by atoms with van der Waals surface area (Å²) in [5.41, 5.74) is 2.00. The summed E-state index contributed by atoms with van der Waals surface area (Å²) < 4.78 is 5.81. The highest BCUT2D eigenvalue weighted by molar-refractivity contribution is 6.30. The second-order valence-electron chi connectivity index (χ2n) is 6.31. The zero-order valence-electron chi connectivity index (χ0n) is 14.1. The van der Waals surface area contributed by atoms with Crippen LogP contribution in [0.1, 0.15) is 24.0 Å². The summed E-state index contributed by atoms with van der Waals surface area (Å²) in [5, 5.41) is 0.698. The van der Waals surface area contributed by atoms with E-state index in [9.17, 15) is 9.59 Å². The van der Waals surface area contributed by atoms with Gasteiger partial charge in [-0.05, 0) is 41.8 Å². The fourth-order valence-electron chi connectivity index (χ4n) is 2.77. The quantitative estimate of drug-likeness (QED) is 0.737. The molecular weight excluding hydrogens is 338 g/mol. The van der Waals surface area contributed by atoms with Crippen molar-refractivity contribution in [1.82, 2.24) is 4.90 Å². The van der Waals surface area contributed by atoms with Gasteiger partial charge < -0.3 is 9.64 Å². The van der Waals surface area contributed by atoms with Gasteiger partial charge in [-0.15, -0.1) is 0 Å². The number of hydrogen-bond donors (Lipinski definition) is 0. The second kappa shape index (κ2) is 7.70. The minimum absolute atomic E-state index is 0.0527. The van der Waals surface area contributed by atoms with Gasteiger partial charge in [0.15, 0.2) is 0 Å². The lowest BCUT2D eigenvalue weighted by Gasteiger charge is -2.28. The Morgan fingerprint density at radius 2 is 1.96 bits per heavy atom. The molecule has 4 nitrogen and oxygen atoms in total. The average molecular weight is 358 g/mol. The summed E-state index contributed by atoms with van der Waals surface area (Å²) in [6.07, 6.45) is 1.20. The van der Waals surface area contributed by atoms with Gasteiger partial charge >= 0.3 is 0 Å². The number of carbonyl (C=O) groups excluding carboxylic acids is 2. The van der Waals surface area contributed by atoms with E-state index in [0.717, 1.165) is 16.9 Å². The van der Waals surface area contributed by atoms with Gasteiger partial charge in [-0.25, -0.2) is 0 Å². The SMILES string of the molecule is CN(Cc1cccc(OCc2ccc(Cl)cc2)c1)C(=O)C1CCC1=O. The molecule has 1 unspecified atom stereocenters. The van der Waals surface area contributed by atoms with Crippen LogP contribution in [-0.4, -0.2) is 23.6 Å². The molecule has 1 fully saturated rings. The van der Waals surface area contributed by atoms with E-state index in [4.69, 9.17) is 16.3 Å². The maximum Gasteiger partial charge on any atom is 0.233 e. The maximum absolute atomic E-state index is 12.2. The molecule has 25 heavy (non-hydrogen) atoms. The number of benzene rings is 2. The Balaban J connectivity index is 1.58. The minimum Gasteiger partial charge on any atom is -0.489 e. The van der Waals surface area contributed by atoms with Crippen LogP contribution in [-0.2, 0) is 22.7 Å². The van der Waals surface area contributed by atoms with Crippen molar-refractivity contribution in [3.05, 3.63) is 64.7 Å². The molecule has 1 atom stereocenters. The molecule has 0 spiro atoms. The molecule has 1 amide bonds. The molecule has 0 N–H and O–H groups in total. The largest absolute Gasteiger partial charge is 0.489 e. The topological polar surface area (TPSA) is 46.6 Å². The van der Waals surface area contributed by atoms with Crippen molar-refractivity contribution in [3.8, 4) is 5.75 Å². The van der Waals surface area contributed by atoms with E-state index in [-0.39, 0.29) is 11.7 Å². The first-order valence-electron chi connectivity index (χ1n) is 8.27. The zero-order chi connectivity index (χ0) is 17.8. The highest BCUT2D eigenvalue weighted by Crippen LogP contribution is 2.25. The standard InChI is InChI=1S/C20H20ClNO3/c1-22(20(24)18-9-10-19(18)23)12-15-3-2-4-17(11-15)25-13-14-5-7-16(21)8-6-14/h2-8,11,18H,9-10,12-13H2,1H3. The van der Waals surface area contributed by atoms with E-state index in [2.05, 4.69) is 0 Å². The van der Waals surface area contributed by atoms with Crippen molar-refractivity contribution in [2.45, 2.75) is 26.0 Å². The van der Waals surface area contributed by atoms with Crippen LogP contribution in [0.4, 0.5) is 0 Å².